The average molecular weight is 382 g/mol. The molecule has 0 aromatic heterocycles. The number of rotatable bonds is 7. The van der Waals surface area contributed by atoms with Gasteiger partial charge in [0.1, 0.15) is 5.75 Å². The molecule has 5 nitrogen and oxygen atoms in total. The van der Waals surface area contributed by atoms with Gasteiger partial charge in [0.05, 0.1) is 23.1 Å². The summed E-state index contributed by atoms with van der Waals surface area (Å²) in [4.78, 5) is 23.6. The summed E-state index contributed by atoms with van der Waals surface area (Å²) in [7, 11) is 1.56. The quantitative estimate of drug-likeness (QED) is 0.750. The van der Waals surface area contributed by atoms with Crippen molar-refractivity contribution in [1.29, 1.82) is 0 Å². The minimum absolute atomic E-state index is 0.151. The van der Waals surface area contributed by atoms with Crippen LogP contribution >= 0.6 is 23.2 Å². The van der Waals surface area contributed by atoms with Crippen molar-refractivity contribution < 1.29 is 19.4 Å². The number of carbonyl (C=O) groups is 2. The summed E-state index contributed by atoms with van der Waals surface area (Å²) in [6, 6.07) is 11.8. The molecule has 0 bridgehead atoms. The lowest BCUT2D eigenvalue weighted by atomic mass is 9.96. The highest BCUT2D eigenvalue weighted by atomic mass is 35.5. The number of aliphatic carboxylic acids is 1. The van der Waals surface area contributed by atoms with E-state index in [1.807, 2.05) is 0 Å². The van der Waals surface area contributed by atoms with Gasteiger partial charge in [0.15, 0.2) is 0 Å². The summed E-state index contributed by atoms with van der Waals surface area (Å²) >= 11 is 11.7. The van der Waals surface area contributed by atoms with Crippen molar-refractivity contribution in [2.24, 2.45) is 5.92 Å². The van der Waals surface area contributed by atoms with E-state index in [2.05, 4.69) is 5.32 Å². The molecule has 0 saturated heterocycles. The number of halogens is 2. The maximum atomic E-state index is 12.1. The van der Waals surface area contributed by atoms with Crippen LogP contribution in [0, 0.1) is 5.92 Å². The van der Waals surface area contributed by atoms with Crippen LogP contribution in [0.1, 0.15) is 12.0 Å². The SMILES string of the molecule is COc1ccc(C[C@H](CC(=O)Nc2ccc(Cl)c(Cl)c2)C(=O)O)cc1. The first-order valence-corrected chi connectivity index (χ1v) is 8.25. The number of nitrogens with one attached hydrogen (secondary N) is 1. The zero-order chi connectivity index (χ0) is 18.4. The van der Waals surface area contributed by atoms with Crippen LogP contribution in [0.4, 0.5) is 5.69 Å². The molecule has 2 aromatic rings. The van der Waals surface area contributed by atoms with Crippen LogP contribution in [0.2, 0.25) is 10.0 Å². The molecule has 2 N–H and O–H groups in total. The lowest BCUT2D eigenvalue weighted by Gasteiger charge is -2.13. The Morgan fingerprint density at radius 1 is 1.12 bits per heavy atom. The van der Waals surface area contributed by atoms with E-state index < -0.39 is 17.8 Å². The first-order chi connectivity index (χ1) is 11.9. The van der Waals surface area contributed by atoms with Gasteiger partial charge in [-0.1, -0.05) is 35.3 Å². The summed E-state index contributed by atoms with van der Waals surface area (Å²) in [5, 5.41) is 12.7. The topological polar surface area (TPSA) is 75.6 Å². The van der Waals surface area contributed by atoms with Crippen molar-refractivity contribution >= 4 is 40.8 Å². The first-order valence-electron chi connectivity index (χ1n) is 7.49. The molecule has 0 aliphatic carbocycles. The van der Waals surface area contributed by atoms with Crippen LogP contribution < -0.4 is 10.1 Å². The number of carboxylic acids is 1. The fraction of sp³-hybridized carbons (Fsp3) is 0.222. The van der Waals surface area contributed by atoms with Gasteiger partial charge in [-0.05, 0) is 42.3 Å². The molecule has 2 aromatic carbocycles. The van der Waals surface area contributed by atoms with Crippen molar-refractivity contribution in [3.8, 4) is 5.75 Å². The van der Waals surface area contributed by atoms with Crippen LogP contribution in [-0.2, 0) is 16.0 Å². The highest BCUT2D eigenvalue weighted by molar-refractivity contribution is 6.42. The van der Waals surface area contributed by atoms with Gasteiger partial charge in [0, 0.05) is 12.1 Å². The van der Waals surface area contributed by atoms with E-state index in [9.17, 15) is 14.7 Å². The Labute approximate surface area is 155 Å². The Morgan fingerprint density at radius 2 is 1.80 bits per heavy atom. The second-order valence-corrected chi connectivity index (χ2v) is 6.28. The first kappa shape index (κ1) is 19.1. The molecule has 0 spiro atoms. The fourth-order valence-electron chi connectivity index (χ4n) is 2.30. The number of methoxy groups -OCH3 is 1. The molecule has 1 amide bonds. The Bertz CT molecular complexity index is 762. The van der Waals surface area contributed by atoms with Crippen LogP contribution in [-0.4, -0.2) is 24.1 Å². The molecule has 0 heterocycles. The van der Waals surface area contributed by atoms with E-state index in [1.54, 1.807) is 43.5 Å². The van der Waals surface area contributed by atoms with Gasteiger partial charge in [-0.15, -0.1) is 0 Å². The zero-order valence-corrected chi connectivity index (χ0v) is 15.0. The van der Waals surface area contributed by atoms with Crippen LogP contribution in [0.3, 0.4) is 0 Å². The lowest BCUT2D eigenvalue weighted by molar-refractivity contribution is -0.143. The summed E-state index contributed by atoms with van der Waals surface area (Å²) < 4.78 is 5.07. The standard InChI is InChI=1S/C18H17Cl2NO4/c1-25-14-5-2-11(3-6-14)8-12(18(23)24)9-17(22)21-13-4-7-15(19)16(20)10-13/h2-7,10,12H,8-9H2,1H3,(H,21,22)(H,23,24)/t12-/m1/s1. The third kappa shape index (κ3) is 5.66. The number of anilines is 1. The van der Waals surface area contributed by atoms with E-state index in [-0.39, 0.29) is 12.8 Å². The third-order valence-corrected chi connectivity index (χ3v) is 4.36. The van der Waals surface area contributed by atoms with Crippen molar-refractivity contribution in [3.63, 3.8) is 0 Å². The van der Waals surface area contributed by atoms with Crippen LogP contribution in [0.5, 0.6) is 5.75 Å². The number of benzene rings is 2. The predicted octanol–water partition coefficient (Wildman–Crippen LogP) is 4.27. The Morgan fingerprint density at radius 3 is 2.36 bits per heavy atom. The summed E-state index contributed by atoms with van der Waals surface area (Å²) in [5.41, 5.74) is 1.28. The second-order valence-electron chi connectivity index (χ2n) is 5.47. The van der Waals surface area contributed by atoms with Gasteiger partial charge in [0.2, 0.25) is 5.91 Å². The van der Waals surface area contributed by atoms with E-state index in [4.69, 9.17) is 27.9 Å². The minimum atomic E-state index is -1.03. The molecule has 7 heteroatoms. The Balaban J connectivity index is 2.00. The number of amides is 1. The molecule has 0 saturated carbocycles. The zero-order valence-electron chi connectivity index (χ0n) is 13.5. The van der Waals surface area contributed by atoms with E-state index in [0.717, 1.165) is 5.56 Å². The predicted molar refractivity (Wildman–Crippen MR) is 97.5 cm³/mol. The Hall–Kier alpha value is -2.24. The van der Waals surface area contributed by atoms with Crippen LogP contribution in [0.15, 0.2) is 42.5 Å². The maximum Gasteiger partial charge on any atom is 0.307 e. The number of carboxylic acid groups (broad SMARTS) is 1. The van der Waals surface area contributed by atoms with Crippen molar-refractivity contribution in [1.82, 2.24) is 0 Å². The fourth-order valence-corrected chi connectivity index (χ4v) is 2.60. The molecular weight excluding hydrogens is 365 g/mol. The van der Waals surface area contributed by atoms with Gasteiger partial charge in [0.25, 0.3) is 0 Å². The molecular formula is C18H17Cl2NO4. The number of carbonyl (C=O) groups excluding carboxylic acids is 1. The van der Waals surface area contributed by atoms with E-state index in [0.29, 0.717) is 21.5 Å². The molecule has 1 atom stereocenters. The molecule has 0 aliphatic heterocycles. The van der Waals surface area contributed by atoms with E-state index in [1.165, 1.54) is 6.07 Å². The molecule has 0 fully saturated rings. The third-order valence-electron chi connectivity index (χ3n) is 3.63. The highest BCUT2D eigenvalue weighted by Gasteiger charge is 2.22. The molecule has 132 valence electrons. The molecule has 0 radical (unpaired) electrons. The van der Waals surface area contributed by atoms with Gasteiger partial charge < -0.3 is 15.2 Å². The van der Waals surface area contributed by atoms with Gasteiger partial charge >= 0.3 is 5.97 Å². The van der Waals surface area contributed by atoms with Gasteiger partial charge in [-0.2, -0.15) is 0 Å². The number of ether oxygens (including phenoxy) is 1. The molecule has 25 heavy (non-hydrogen) atoms. The summed E-state index contributed by atoms with van der Waals surface area (Å²) in [6.07, 6.45) is 0.0930. The van der Waals surface area contributed by atoms with Gasteiger partial charge in [-0.25, -0.2) is 0 Å². The summed E-state index contributed by atoms with van der Waals surface area (Å²) in [5.74, 6) is -1.58. The molecule has 0 unspecified atom stereocenters. The van der Waals surface area contributed by atoms with Crippen molar-refractivity contribution in [2.75, 3.05) is 12.4 Å². The molecule has 0 aliphatic rings. The Kier molecular flexibility index (Phi) is 6.67. The second kappa shape index (κ2) is 8.74. The number of hydrogen-bond donors (Lipinski definition) is 2. The smallest absolute Gasteiger partial charge is 0.307 e. The average Bonchev–Trinajstić information content (AvgIpc) is 2.58. The lowest BCUT2D eigenvalue weighted by Crippen LogP contribution is -2.24. The summed E-state index contributed by atoms with van der Waals surface area (Å²) in [6.45, 7) is 0. The van der Waals surface area contributed by atoms with Gasteiger partial charge in [-0.3, -0.25) is 9.59 Å². The number of hydrogen-bond acceptors (Lipinski definition) is 3. The van der Waals surface area contributed by atoms with Crippen molar-refractivity contribution in [3.05, 3.63) is 58.1 Å². The largest absolute Gasteiger partial charge is 0.497 e. The van der Waals surface area contributed by atoms with Crippen LogP contribution in [0.25, 0.3) is 0 Å². The monoisotopic (exact) mass is 381 g/mol. The normalized spacial score (nSPS) is 11.6. The highest BCUT2D eigenvalue weighted by Crippen LogP contribution is 2.25. The van der Waals surface area contributed by atoms with E-state index >= 15 is 0 Å². The van der Waals surface area contributed by atoms with Crippen molar-refractivity contribution in [2.45, 2.75) is 12.8 Å². The maximum absolute atomic E-state index is 12.1. The molecule has 2 rings (SSSR count). The minimum Gasteiger partial charge on any atom is -0.497 e.